The van der Waals surface area contributed by atoms with Gasteiger partial charge in [-0.1, -0.05) is 12.2 Å². The van der Waals surface area contributed by atoms with Crippen molar-refractivity contribution in [3.8, 4) is 0 Å². The SMILES string of the molecule is C1=CC2CC1NO2. The van der Waals surface area contributed by atoms with Crippen molar-refractivity contribution >= 4 is 0 Å². The Balaban J connectivity index is 2.27. The molecule has 0 amide bonds. The van der Waals surface area contributed by atoms with Crippen molar-refractivity contribution in [1.82, 2.24) is 5.48 Å². The molecule has 0 radical (unpaired) electrons. The summed E-state index contributed by atoms with van der Waals surface area (Å²) >= 11 is 0. The summed E-state index contributed by atoms with van der Waals surface area (Å²) in [6, 6.07) is 0.519. The molecular weight excluding hydrogens is 90.1 g/mol. The van der Waals surface area contributed by atoms with Gasteiger partial charge < -0.3 is 0 Å². The van der Waals surface area contributed by atoms with E-state index >= 15 is 0 Å². The molecule has 7 heavy (non-hydrogen) atoms. The first kappa shape index (κ1) is 3.64. The van der Waals surface area contributed by atoms with E-state index in [4.69, 9.17) is 4.84 Å². The Hall–Kier alpha value is -0.340. The molecule has 1 fully saturated rings. The van der Waals surface area contributed by atoms with Crippen molar-refractivity contribution < 1.29 is 4.84 Å². The molecule has 2 heteroatoms. The number of rotatable bonds is 0. The number of hydrogen-bond acceptors (Lipinski definition) is 2. The third-order valence-electron chi connectivity index (χ3n) is 1.42. The van der Waals surface area contributed by atoms with Crippen LogP contribution in [0.5, 0.6) is 0 Å². The van der Waals surface area contributed by atoms with Crippen LogP contribution in [-0.2, 0) is 4.84 Å². The first-order valence-corrected chi connectivity index (χ1v) is 2.54. The Bertz CT molecular complexity index is 98.6. The maximum Gasteiger partial charge on any atom is 0.0990 e. The maximum atomic E-state index is 5.02. The van der Waals surface area contributed by atoms with Gasteiger partial charge in [0.1, 0.15) is 0 Å². The third kappa shape index (κ3) is 0.406. The molecule has 1 saturated heterocycles. The molecule has 1 aliphatic heterocycles. The van der Waals surface area contributed by atoms with Gasteiger partial charge in [0.15, 0.2) is 0 Å². The maximum absolute atomic E-state index is 5.02. The summed E-state index contributed by atoms with van der Waals surface area (Å²) in [5.74, 6) is 0. The lowest BCUT2D eigenvalue weighted by atomic mass is 10.3. The van der Waals surface area contributed by atoms with Crippen molar-refractivity contribution in [1.29, 1.82) is 0 Å². The van der Waals surface area contributed by atoms with E-state index in [9.17, 15) is 0 Å². The van der Waals surface area contributed by atoms with Gasteiger partial charge in [0, 0.05) is 6.42 Å². The van der Waals surface area contributed by atoms with Gasteiger partial charge in [-0.15, -0.1) is 0 Å². The molecule has 2 nitrogen and oxygen atoms in total. The Morgan fingerprint density at radius 2 is 2.57 bits per heavy atom. The molecule has 2 atom stereocenters. The van der Waals surface area contributed by atoms with Gasteiger partial charge in [0.05, 0.1) is 12.1 Å². The van der Waals surface area contributed by atoms with E-state index < -0.39 is 0 Å². The smallest absolute Gasteiger partial charge is 0.0990 e. The van der Waals surface area contributed by atoms with Crippen LogP contribution in [-0.4, -0.2) is 12.1 Å². The summed E-state index contributed by atoms with van der Waals surface area (Å²) < 4.78 is 0. The van der Waals surface area contributed by atoms with Crippen LogP contribution in [0.2, 0.25) is 0 Å². The largest absolute Gasteiger partial charge is 0.294 e. The average molecular weight is 97.1 g/mol. The summed E-state index contributed by atoms with van der Waals surface area (Å²) in [7, 11) is 0. The molecule has 0 aromatic carbocycles. The van der Waals surface area contributed by atoms with Crippen molar-refractivity contribution in [2.45, 2.75) is 18.6 Å². The Morgan fingerprint density at radius 3 is 2.71 bits per heavy atom. The van der Waals surface area contributed by atoms with E-state index in [0.717, 1.165) is 6.42 Å². The zero-order valence-electron chi connectivity index (χ0n) is 3.92. The van der Waals surface area contributed by atoms with Gasteiger partial charge in [-0.05, 0) is 0 Å². The molecule has 0 saturated carbocycles. The van der Waals surface area contributed by atoms with E-state index in [2.05, 4.69) is 17.6 Å². The summed E-state index contributed by atoms with van der Waals surface area (Å²) in [6.45, 7) is 0. The van der Waals surface area contributed by atoms with Gasteiger partial charge in [-0.2, -0.15) is 5.48 Å². The van der Waals surface area contributed by atoms with E-state index in [1.165, 1.54) is 0 Å². The molecule has 0 aromatic rings. The fourth-order valence-corrected chi connectivity index (χ4v) is 1.02. The number of nitrogens with one attached hydrogen (secondary N) is 1. The summed E-state index contributed by atoms with van der Waals surface area (Å²) in [6.07, 6.45) is 5.76. The minimum absolute atomic E-state index is 0.380. The Kier molecular flexibility index (Phi) is 0.562. The highest BCUT2D eigenvalue weighted by molar-refractivity contribution is 5.09. The molecular formula is C5H7NO. The highest BCUT2D eigenvalue weighted by Crippen LogP contribution is 2.19. The first-order chi connectivity index (χ1) is 3.45. The molecule has 2 bridgehead atoms. The van der Waals surface area contributed by atoms with Gasteiger partial charge >= 0.3 is 0 Å². The fraction of sp³-hybridized carbons (Fsp3) is 0.600. The van der Waals surface area contributed by atoms with Crippen LogP contribution < -0.4 is 5.48 Å². The second kappa shape index (κ2) is 1.08. The highest BCUT2D eigenvalue weighted by atomic mass is 16.7. The number of fused-ring (bicyclic) bond motifs is 2. The molecule has 1 N–H and O–H groups in total. The fourth-order valence-electron chi connectivity index (χ4n) is 1.02. The van der Waals surface area contributed by atoms with Crippen molar-refractivity contribution in [3.63, 3.8) is 0 Å². The predicted molar refractivity (Wildman–Crippen MR) is 25.6 cm³/mol. The second-order valence-corrected chi connectivity index (χ2v) is 2.00. The highest BCUT2D eigenvalue weighted by Gasteiger charge is 2.26. The van der Waals surface area contributed by atoms with Crippen LogP contribution in [0.3, 0.4) is 0 Å². The van der Waals surface area contributed by atoms with Crippen LogP contribution in [0, 0.1) is 0 Å². The lowest BCUT2D eigenvalue weighted by Gasteiger charge is -2.02. The van der Waals surface area contributed by atoms with Gasteiger partial charge in [-0.25, -0.2) is 0 Å². The van der Waals surface area contributed by atoms with Crippen LogP contribution in [0.4, 0.5) is 0 Å². The van der Waals surface area contributed by atoms with Gasteiger partial charge in [0.2, 0.25) is 0 Å². The van der Waals surface area contributed by atoms with Crippen LogP contribution in [0.25, 0.3) is 0 Å². The zero-order chi connectivity index (χ0) is 4.69. The standard InChI is InChI=1S/C5H7NO/c1-2-5-3-4(1)6-7-5/h1-2,4-6H,3H2. The van der Waals surface area contributed by atoms with E-state index in [1.54, 1.807) is 0 Å². The molecule has 0 spiro atoms. The van der Waals surface area contributed by atoms with Crippen LogP contribution >= 0.6 is 0 Å². The Morgan fingerprint density at radius 1 is 1.57 bits per heavy atom. The molecule has 2 aliphatic rings. The van der Waals surface area contributed by atoms with E-state index in [0.29, 0.717) is 12.1 Å². The average Bonchev–Trinajstić information content (AvgIpc) is 2.22. The number of hydrogen-bond donors (Lipinski definition) is 1. The van der Waals surface area contributed by atoms with Gasteiger partial charge in [-0.3, -0.25) is 4.84 Å². The monoisotopic (exact) mass is 97.1 g/mol. The first-order valence-electron chi connectivity index (χ1n) is 2.54. The van der Waals surface area contributed by atoms with Crippen molar-refractivity contribution in [2.75, 3.05) is 0 Å². The van der Waals surface area contributed by atoms with Crippen LogP contribution in [0.15, 0.2) is 12.2 Å². The van der Waals surface area contributed by atoms with E-state index in [1.807, 2.05) is 0 Å². The Labute approximate surface area is 42.1 Å². The quantitative estimate of drug-likeness (QED) is 0.436. The molecule has 1 aliphatic carbocycles. The zero-order valence-corrected chi connectivity index (χ0v) is 3.92. The lowest BCUT2D eigenvalue weighted by molar-refractivity contribution is 0.0483. The molecule has 0 aromatic heterocycles. The second-order valence-electron chi connectivity index (χ2n) is 2.00. The van der Waals surface area contributed by atoms with Gasteiger partial charge in [0.25, 0.3) is 0 Å². The van der Waals surface area contributed by atoms with Crippen molar-refractivity contribution in [2.24, 2.45) is 0 Å². The third-order valence-corrected chi connectivity index (χ3v) is 1.42. The number of hydroxylamine groups is 1. The molecule has 2 rings (SSSR count). The summed E-state index contributed by atoms with van der Waals surface area (Å²) in [5, 5.41) is 0. The molecule has 1 heterocycles. The minimum Gasteiger partial charge on any atom is -0.294 e. The van der Waals surface area contributed by atoms with E-state index in [-0.39, 0.29) is 0 Å². The minimum atomic E-state index is 0.380. The summed E-state index contributed by atoms with van der Waals surface area (Å²) in [4.78, 5) is 5.02. The predicted octanol–water partition coefficient (Wildman–Crippen LogP) is 0.218. The lowest BCUT2D eigenvalue weighted by Crippen LogP contribution is -2.19. The summed E-state index contributed by atoms with van der Waals surface area (Å²) in [5.41, 5.74) is 2.87. The van der Waals surface area contributed by atoms with Crippen LogP contribution in [0.1, 0.15) is 6.42 Å². The molecule has 38 valence electrons. The van der Waals surface area contributed by atoms with Crippen molar-refractivity contribution in [3.05, 3.63) is 12.2 Å². The topological polar surface area (TPSA) is 21.3 Å². The molecule has 2 unspecified atom stereocenters. The normalized spacial score (nSPS) is 45.7.